The van der Waals surface area contributed by atoms with Gasteiger partial charge in [0.2, 0.25) is 0 Å². The monoisotopic (exact) mass is 382 g/mol. The number of rotatable bonds is 1. The molecular formula is C24H15Br. The van der Waals surface area contributed by atoms with E-state index in [-0.39, 0.29) is 0 Å². The summed E-state index contributed by atoms with van der Waals surface area (Å²) in [4.78, 5) is 0. The van der Waals surface area contributed by atoms with E-state index in [1.807, 2.05) is 0 Å². The first-order chi connectivity index (χ1) is 12.3. The normalized spacial score (nSPS) is 11.4. The Bertz CT molecular complexity index is 1250. The first-order valence-corrected chi connectivity index (χ1v) is 9.18. The lowest BCUT2D eigenvalue weighted by Crippen LogP contribution is -1.82. The van der Waals surface area contributed by atoms with Gasteiger partial charge in [-0.3, -0.25) is 0 Å². The first kappa shape index (κ1) is 14.7. The van der Waals surface area contributed by atoms with Crippen LogP contribution in [0.2, 0.25) is 0 Å². The van der Waals surface area contributed by atoms with Gasteiger partial charge in [-0.15, -0.1) is 0 Å². The Morgan fingerprint density at radius 1 is 0.440 bits per heavy atom. The zero-order chi connectivity index (χ0) is 16.8. The van der Waals surface area contributed by atoms with Crippen LogP contribution in [0, 0.1) is 0 Å². The van der Waals surface area contributed by atoms with E-state index in [0.29, 0.717) is 0 Å². The standard InChI is InChI=1S/C24H15Br/c25-22-11-9-18-13-17(6-7-20(18)15-22)19-10-12-24-21(14-19)8-5-16-3-1-2-4-23(16)24/h1-15H. The number of halogens is 1. The highest BCUT2D eigenvalue weighted by Crippen LogP contribution is 2.31. The van der Waals surface area contributed by atoms with Crippen LogP contribution in [0.3, 0.4) is 0 Å². The molecule has 0 spiro atoms. The van der Waals surface area contributed by atoms with Crippen LogP contribution in [0.5, 0.6) is 0 Å². The molecule has 0 bridgehead atoms. The molecule has 5 aromatic rings. The fourth-order valence-electron chi connectivity index (χ4n) is 3.59. The second-order valence-corrected chi connectivity index (χ2v) is 7.34. The molecule has 0 fully saturated rings. The molecule has 0 nitrogen and oxygen atoms in total. The van der Waals surface area contributed by atoms with Gasteiger partial charge in [0.1, 0.15) is 0 Å². The highest BCUT2D eigenvalue weighted by atomic mass is 79.9. The van der Waals surface area contributed by atoms with E-state index in [0.717, 1.165) is 4.47 Å². The predicted octanol–water partition coefficient (Wildman–Crippen LogP) is 7.58. The summed E-state index contributed by atoms with van der Waals surface area (Å²) in [6.45, 7) is 0. The average molecular weight is 383 g/mol. The molecule has 5 aromatic carbocycles. The number of hydrogen-bond donors (Lipinski definition) is 0. The zero-order valence-corrected chi connectivity index (χ0v) is 15.1. The third-order valence-electron chi connectivity index (χ3n) is 4.88. The smallest absolute Gasteiger partial charge is 0.0181 e. The SMILES string of the molecule is Brc1ccc2cc(-c3ccc4c(ccc5ccccc54)c3)ccc2c1. The van der Waals surface area contributed by atoms with Crippen LogP contribution >= 0.6 is 15.9 Å². The summed E-state index contributed by atoms with van der Waals surface area (Å²) < 4.78 is 1.12. The molecule has 25 heavy (non-hydrogen) atoms. The summed E-state index contributed by atoms with van der Waals surface area (Å²) in [5.41, 5.74) is 2.51. The summed E-state index contributed by atoms with van der Waals surface area (Å²) in [6, 6.07) is 32.9. The minimum atomic E-state index is 1.12. The molecule has 0 heterocycles. The molecule has 0 aliphatic rings. The van der Waals surface area contributed by atoms with Crippen LogP contribution in [0.4, 0.5) is 0 Å². The topological polar surface area (TPSA) is 0 Å². The van der Waals surface area contributed by atoms with Crippen molar-refractivity contribution >= 4 is 48.2 Å². The summed E-state index contributed by atoms with van der Waals surface area (Å²) in [5, 5.41) is 7.72. The van der Waals surface area contributed by atoms with Crippen LogP contribution in [0.25, 0.3) is 43.4 Å². The zero-order valence-electron chi connectivity index (χ0n) is 13.5. The maximum absolute atomic E-state index is 3.54. The molecular weight excluding hydrogens is 368 g/mol. The Labute approximate surface area is 154 Å². The molecule has 0 saturated heterocycles. The Hall–Kier alpha value is -2.64. The minimum Gasteiger partial charge on any atom is -0.0616 e. The van der Waals surface area contributed by atoms with E-state index in [4.69, 9.17) is 0 Å². The molecule has 5 rings (SSSR count). The van der Waals surface area contributed by atoms with E-state index < -0.39 is 0 Å². The highest BCUT2D eigenvalue weighted by molar-refractivity contribution is 9.10. The van der Waals surface area contributed by atoms with Crippen molar-refractivity contribution in [1.29, 1.82) is 0 Å². The van der Waals surface area contributed by atoms with Gasteiger partial charge in [-0.2, -0.15) is 0 Å². The summed E-state index contributed by atoms with van der Waals surface area (Å²) in [5.74, 6) is 0. The van der Waals surface area contributed by atoms with Crippen LogP contribution in [-0.2, 0) is 0 Å². The summed E-state index contributed by atoms with van der Waals surface area (Å²) in [6.07, 6.45) is 0. The lowest BCUT2D eigenvalue weighted by Gasteiger charge is -2.08. The second-order valence-electron chi connectivity index (χ2n) is 6.43. The molecule has 1 heteroatoms. The minimum absolute atomic E-state index is 1.12. The Kier molecular flexibility index (Phi) is 3.36. The lowest BCUT2D eigenvalue weighted by molar-refractivity contribution is 1.66. The maximum atomic E-state index is 3.54. The van der Waals surface area contributed by atoms with E-state index in [2.05, 4.69) is 107 Å². The van der Waals surface area contributed by atoms with Crippen LogP contribution in [0.1, 0.15) is 0 Å². The molecule has 0 radical (unpaired) electrons. The molecule has 0 aliphatic heterocycles. The first-order valence-electron chi connectivity index (χ1n) is 8.39. The summed E-state index contributed by atoms with van der Waals surface area (Å²) >= 11 is 3.54. The quantitative estimate of drug-likeness (QED) is 0.262. The van der Waals surface area contributed by atoms with Crippen LogP contribution < -0.4 is 0 Å². The molecule has 0 unspecified atom stereocenters. The van der Waals surface area contributed by atoms with Crippen molar-refractivity contribution in [2.75, 3.05) is 0 Å². The van der Waals surface area contributed by atoms with Gasteiger partial charge in [0, 0.05) is 4.47 Å². The third-order valence-corrected chi connectivity index (χ3v) is 5.37. The van der Waals surface area contributed by atoms with Gasteiger partial charge in [0.05, 0.1) is 0 Å². The summed E-state index contributed by atoms with van der Waals surface area (Å²) in [7, 11) is 0. The van der Waals surface area contributed by atoms with E-state index in [1.54, 1.807) is 0 Å². The Morgan fingerprint density at radius 2 is 1.04 bits per heavy atom. The molecule has 0 saturated carbocycles. The number of benzene rings is 5. The predicted molar refractivity (Wildman–Crippen MR) is 112 cm³/mol. The fourth-order valence-corrected chi connectivity index (χ4v) is 3.97. The van der Waals surface area contributed by atoms with Crippen molar-refractivity contribution in [2.45, 2.75) is 0 Å². The molecule has 0 aromatic heterocycles. The van der Waals surface area contributed by atoms with Gasteiger partial charge in [-0.25, -0.2) is 0 Å². The maximum Gasteiger partial charge on any atom is 0.0181 e. The second kappa shape index (κ2) is 5.72. The van der Waals surface area contributed by atoms with Crippen molar-refractivity contribution in [3.05, 3.63) is 95.5 Å². The lowest BCUT2D eigenvalue weighted by atomic mass is 9.96. The van der Waals surface area contributed by atoms with E-state index in [1.165, 1.54) is 43.4 Å². The number of fused-ring (bicyclic) bond motifs is 4. The molecule has 0 N–H and O–H groups in total. The molecule has 0 amide bonds. The largest absolute Gasteiger partial charge is 0.0616 e. The van der Waals surface area contributed by atoms with Gasteiger partial charge >= 0.3 is 0 Å². The van der Waals surface area contributed by atoms with E-state index >= 15 is 0 Å². The van der Waals surface area contributed by atoms with Crippen molar-refractivity contribution in [2.24, 2.45) is 0 Å². The molecule has 118 valence electrons. The van der Waals surface area contributed by atoms with Crippen LogP contribution in [0.15, 0.2) is 95.5 Å². The van der Waals surface area contributed by atoms with Gasteiger partial charge in [0.25, 0.3) is 0 Å². The molecule has 0 atom stereocenters. The highest BCUT2D eigenvalue weighted by Gasteiger charge is 2.04. The average Bonchev–Trinajstić information content (AvgIpc) is 2.67. The third kappa shape index (κ3) is 2.52. The van der Waals surface area contributed by atoms with Gasteiger partial charge in [-0.1, -0.05) is 82.7 Å². The Balaban J connectivity index is 1.70. The van der Waals surface area contributed by atoms with Crippen molar-refractivity contribution < 1.29 is 0 Å². The van der Waals surface area contributed by atoms with Crippen molar-refractivity contribution in [3.8, 4) is 11.1 Å². The van der Waals surface area contributed by atoms with Gasteiger partial charge < -0.3 is 0 Å². The van der Waals surface area contributed by atoms with Gasteiger partial charge in [-0.05, 0) is 67.7 Å². The van der Waals surface area contributed by atoms with Crippen molar-refractivity contribution in [3.63, 3.8) is 0 Å². The fraction of sp³-hybridized carbons (Fsp3) is 0. The molecule has 0 aliphatic carbocycles. The van der Waals surface area contributed by atoms with Crippen molar-refractivity contribution in [1.82, 2.24) is 0 Å². The Morgan fingerprint density at radius 3 is 1.96 bits per heavy atom. The van der Waals surface area contributed by atoms with Crippen LogP contribution in [-0.4, -0.2) is 0 Å². The number of hydrogen-bond acceptors (Lipinski definition) is 0. The van der Waals surface area contributed by atoms with Gasteiger partial charge in [0.15, 0.2) is 0 Å². The van der Waals surface area contributed by atoms with E-state index in [9.17, 15) is 0 Å².